The number of aliphatic hydroxyl groups is 1. The maximum absolute atomic E-state index is 9.49. The summed E-state index contributed by atoms with van der Waals surface area (Å²) in [6.07, 6.45) is 1.18. The minimum atomic E-state index is -0.256. The zero-order valence-electron chi connectivity index (χ0n) is 9.01. The first kappa shape index (κ1) is 12.5. The van der Waals surface area contributed by atoms with Crippen LogP contribution < -0.4 is 0 Å². The van der Waals surface area contributed by atoms with Crippen molar-refractivity contribution >= 4 is 0 Å². The molecule has 2 heteroatoms. The smallest absolute Gasteiger partial charge is 0.0661 e. The van der Waals surface area contributed by atoms with Crippen molar-refractivity contribution in [2.75, 3.05) is 19.6 Å². The summed E-state index contributed by atoms with van der Waals surface area (Å²) in [6, 6.07) is 0. The molecule has 0 spiro atoms. The number of aliphatic hydroxyl groups excluding tert-OH is 1. The van der Waals surface area contributed by atoms with Gasteiger partial charge in [-0.25, -0.2) is 0 Å². The molecule has 2 nitrogen and oxygen atoms in total. The van der Waals surface area contributed by atoms with Crippen LogP contribution in [-0.2, 0) is 0 Å². The largest absolute Gasteiger partial charge is 0.392 e. The molecular weight excluding hydrogens is 162 g/mol. The van der Waals surface area contributed by atoms with Crippen LogP contribution in [0.2, 0.25) is 0 Å². The minimum Gasteiger partial charge on any atom is -0.392 e. The molecule has 0 bridgehead atoms. The average molecular weight is 183 g/mol. The maximum Gasteiger partial charge on any atom is 0.0661 e. The lowest BCUT2D eigenvalue weighted by atomic mass is 10.2. The summed E-state index contributed by atoms with van der Waals surface area (Å²) in [6.45, 7) is 9.17. The van der Waals surface area contributed by atoms with Crippen LogP contribution in [0, 0.1) is 11.8 Å². The Morgan fingerprint density at radius 3 is 2.38 bits per heavy atom. The fourth-order valence-electron chi connectivity index (χ4n) is 1.19. The zero-order valence-corrected chi connectivity index (χ0v) is 9.01. The van der Waals surface area contributed by atoms with Gasteiger partial charge in [0.15, 0.2) is 0 Å². The van der Waals surface area contributed by atoms with Gasteiger partial charge in [0.25, 0.3) is 0 Å². The predicted molar refractivity (Wildman–Crippen MR) is 56.5 cm³/mol. The van der Waals surface area contributed by atoms with E-state index >= 15 is 0 Å². The zero-order chi connectivity index (χ0) is 10.1. The van der Waals surface area contributed by atoms with E-state index in [1.807, 2.05) is 0 Å². The summed E-state index contributed by atoms with van der Waals surface area (Å²) in [5.74, 6) is 5.68. The van der Waals surface area contributed by atoms with E-state index in [0.29, 0.717) is 6.42 Å². The van der Waals surface area contributed by atoms with Gasteiger partial charge in [0, 0.05) is 13.0 Å². The summed E-state index contributed by atoms with van der Waals surface area (Å²) >= 11 is 0. The first-order valence-corrected chi connectivity index (χ1v) is 5.04. The van der Waals surface area contributed by atoms with E-state index in [-0.39, 0.29) is 6.10 Å². The lowest BCUT2D eigenvalue weighted by molar-refractivity contribution is 0.148. The van der Waals surface area contributed by atoms with Gasteiger partial charge in [0.1, 0.15) is 0 Å². The fourth-order valence-corrected chi connectivity index (χ4v) is 1.19. The Hall–Kier alpha value is -0.520. The second kappa shape index (κ2) is 8.10. The molecule has 1 N–H and O–H groups in total. The van der Waals surface area contributed by atoms with Crippen molar-refractivity contribution in [2.45, 2.75) is 39.7 Å². The standard InChI is InChI=1S/C11H21NO/c1-4-7-8-11(13)9-10-12(5-2)6-3/h11,13H,5-6,8-10H2,1-3H3. The van der Waals surface area contributed by atoms with E-state index in [0.717, 1.165) is 26.1 Å². The van der Waals surface area contributed by atoms with E-state index in [1.54, 1.807) is 6.92 Å². The van der Waals surface area contributed by atoms with Crippen LogP contribution in [0.5, 0.6) is 0 Å². The lowest BCUT2D eigenvalue weighted by Gasteiger charge is -2.19. The van der Waals surface area contributed by atoms with Crippen LogP contribution in [-0.4, -0.2) is 35.7 Å². The molecule has 0 aliphatic heterocycles. The number of rotatable bonds is 6. The first-order chi connectivity index (χ1) is 6.24. The molecule has 1 atom stereocenters. The van der Waals surface area contributed by atoms with Gasteiger partial charge in [-0.2, -0.15) is 0 Å². The molecule has 0 amide bonds. The van der Waals surface area contributed by atoms with E-state index in [9.17, 15) is 5.11 Å². The van der Waals surface area contributed by atoms with Crippen molar-refractivity contribution in [3.05, 3.63) is 0 Å². The normalized spacial score (nSPS) is 12.4. The second-order valence-electron chi connectivity index (χ2n) is 3.10. The number of hydrogen-bond donors (Lipinski definition) is 1. The Labute approximate surface area is 81.9 Å². The summed E-state index contributed by atoms with van der Waals surface area (Å²) < 4.78 is 0. The third kappa shape index (κ3) is 6.62. The average Bonchev–Trinajstić information content (AvgIpc) is 2.16. The lowest BCUT2D eigenvalue weighted by Crippen LogP contribution is -2.26. The van der Waals surface area contributed by atoms with Gasteiger partial charge in [-0.3, -0.25) is 0 Å². The summed E-state index contributed by atoms with van der Waals surface area (Å²) in [5, 5.41) is 9.49. The van der Waals surface area contributed by atoms with Crippen LogP contribution in [0.15, 0.2) is 0 Å². The quantitative estimate of drug-likeness (QED) is 0.631. The van der Waals surface area contributed by atoms with Gasteiger partial charge < -0.3 is 10.0 Å². The van der Waals surface area contributed by atoms with Crippen molar-refractivity contribution in [3.63, 3.8) is 0 Å². The number of hydrogen-bond acceptors (Lipinski definition) is 2. The molecule has 0 aliphatic rings. The predicted octanol–water partition coefficient (Wildman–Crippen LogP) is 1.49. The van der Waals surface area contributed by atoms with Crippen molar-refractivity contribution in [3.8, 4) is 11.8 Å². The molecule has 0 aromatic rings. The molecule has 0 rings (SSSR count). The van der Waals surface area contributed by atoms with Crippen molar-refractivity contribution < 1.29 is 5.11 Å². The fraction of sp³-hybridized carbons (Fsp3) is 0.818. The highest BCUT2D eigenvalue weighted by molar-refractivity contribution is 4.96. The van der Waals surface area contributed by atoms with Crippen LogP contribution in [0.3, 0.4) is 0 Å². The molecule has 0 radical (unpaired) electrons. The first-order valence-electron chi connectivity index (χ1n) is 5.04. The number of nitrogens with zero attached hydrogens (tertiary/aromatic N) is 1. The molecule has 0 aromatic heterocycles. The highest BCUT2D eigenvalue weighted by Crippen LogP contribution is 1.99. The van der Waals surface area contributed by atoms with Gasteiger partial charge in [-0.15, -0.1) is 11.8 Å². The molecule has 0 aromatic carbocycles. The third-order valence-electron chi connectivity index (χ3n) is 2.19. The van der Waals surface area contributed by atoms with Gasteiger partial charge in [-0.1, -0.05) is 13.8 Å². The maximum atomic E-state index is 9.49. The summed E-state index contributed by atoms with van der Waals surface area (Å²) in [7, 11) is 0. The highest BCUT2D eigenvalue weighted by Gasteiger charge is 2.04. The second-order valence-corrected chi connectivity index (χ2v) is 3.10. The van der Waals surface area contributed by atoms with Crippen LogP contribution >= 0.6 is 0 Å². The SMILES string of the molecule is CC#CCC(O)CCN(CC)CC. The Bertz CT molecular complexity index is 165. The summed E-state index contributed by atoms with van der Waals surface area (Å²) in [4.78, 5) is 2.31. The van der Waals surface area contributed by atoms with Gasteiger partial charge in [0.05, 0.1) is 6.10 Å². The molecule has 0 saturated heterocycles. The van der Waals surface area contributed by atoms with E-state index < -0.39 is 0 Å². The summed E-state index contributed by atoms with van der Waals surface area (Å²) in [5.41, 5.74) is 0. The Morgan fingerprint density at radius 2 is 1.92 bits per heavy atom. The Morgan fingerprint density at radius 1 is 1.31 bits per heavy atom. The van der Waals surface area contributed by atoms with Gasteiger partial charge >= 0.3 is 0 Å². The van der Waals surface area contributed by atoms with Crippen molar-refractivity contribution in [1.29, 1.82) is 0 Å². The van der Waals surface area contributed by atoms with Crippen LogP contribution in [0.1, 0.15) is 33.6 Å². The molecule has 0 heterocycles. The molecule has 13 heavy (non-hydrogen) atoms. The van der Waals surface area contributed by atoms with Gasteiger partial charge in [-0.05, 0) is 26.4 Å². The monoisotopic (exact) mass is 183 g/mol. The van der Waals surface area contributed by atoms with E-state index in [4.69, 9.17) is 0 Å². The van der Waals surface area contributed by atoms with Crippen LogP contribution in [0.4, 0.5) is 0 Å². The Balaban J connectivity index is 3.53. The minimum absolute atomic E-state index is 0.256. The molecule has 0 saturated carbocycles. The third-order valence-corrected chi connectivity index (χ3v) is 2.19. The Kier molecular flexibility index (Phi) is 7.77. The molecular formula is C11H21NO. The van der Waals surface area contributed by atoms with Crippen LogP contribution in [0.25, 0.3) is 0 Å². The highest BCUT2D eigenvalue weighted by atomic mass is 16.3. The molecule has 1 unspecified atom stereocenters. The molecule has 76 valence electrons. The van der Waals surface area contributed by atoms with Crippen molar-refractivity contribution in [2.24, 2.45) is 0 Å². The topological polar surface area (TPSA) is 23.5 Å². The van der Waals surface area contributed by atoms with Gasteiger partial charge in [0.2, 0.25) is 0 Å². The van der Waals surface area contributed by atoms with Crippen molar-refractivity contribution in [1.82, 2.24) is 4.90 Å². The molecule has 0 fully saturated rings. The van der Waals surface area contributed by atoms with E-state index in [2.05, 4.69) is 30.6 Å². The van der Waals surface area contributed by atoms with E-state index in [1.165, 1.54) is 0 Å². The molecule has 0 aliphatic carbocycles.